The van der Waals surface area contributed by atoms with E-state index in [2.05, 4.69) is 53.4 Å². The van der Waals surface area contributed by atoms with E-state index in [1.807, 2.05) is 19.1 Å². The minimum atomic E-state index is 0.0354. The normalized spacial score (nSPS) is 11.4. The second-order valence-electron chi connectivity index (χ2n) is 6.04. The first-order chi connectivity index (χ1) is 10.1. The number of hydrogen-bond acceptors (Lipinski definition) is 4. The molecule has 21 heavy (non-hydrogen) atoms. The SMILES string of the molecule is Cc1cc(OCC(C)(C)CNCc2ccccc2)ncn1. The molecule has 2 aromatic rings. The number of hydrogen-bond donors (Lipinski definition) is 1. The summed E-state index contributed by atoms with van der Waals surface area (Å²) in [6.45, 7) is 8.66. The topological polar surface area (TPSA) is 47.0 Å². The fraction of sp³-hybridized carbons (Fsp3) is 0.412. The Morgan fingerprint density at radius 1 is 1.14 bits per heavy atom. The molecule has 4 nitrogen and oxygen atoms in total. The second-order valence-corrected chi connectivity index (χ2v) is 6.04. The standard InChI is InChI=1S/C17H23N3O/c1-14-9-16(20-13-19-14)21-12-17(2,3)11-18-10-15-7-5-4-6-8-15/h4-9,13,18H,10-12H2,1-3H3. The molecule has 0 unspecified atom stereocenters. The molecule has 0 amide bonds. The van der Waals surface area contributed by atoms with Crippen LogP contribution in [0.2, 0.25) is 0 Å². The third kappa shape index (κ3) is 5.52. The molecular formula is C17H23N3O. The van der Waals surface area contributed by atoms with Crippen molar-refractivity contribution in [1.29, 1.82) is 0 Å². The highest BCUT2D eigenvalue weighted by molar-refractivity contribution is 5.14. The van der Waals surface area contributed by atoms with E-state index < -0.39 is 0 Å². The van der Waals surface area contributed by atoms with Gasteiger partial charge in [0, 0.05) is 30.3 Å². The quantitative estimate of drug-likeness (QED) is 0.849. The van der Waals surface area contributed by atoms with Crippen LogP contribution in [0.5, 0.6) is 5.88 Å². The molecule has 0 bridgehead atoms. The summed E-state index contributed by atoms with van der Waals surface area (Å²) >= 11 is 0. The molecule has 0 saturated carbocycles. The van der Waals surface area contributed by atoms with Crippen molar-refractivity contribution in [1.82, 2.24) is 15.3 Å². The van der Waals surface area contributed by atoms with Gasteiger partial charge in [-0.3, -0.25) is 0 Å². The van der Waals surface area contributed by atoms with Gasteiger partial charge in [0.15, 0.2) is 0 Å². The number of aromatic nitrogens is 2. The lowest BCUT2D eigenvalue weighted by molar-refractivity contribution is 0.170. The lowest BCUT2D eigenvalue weighted by atomic mass is 9.95. The Labute approximate surface area is 126 Å². The van der Waals surface area contributed by atoms with Gasteiger partial charge in [0.1, 0.15) is 6.33 Å². The van der Waals surface area contributed by atoms with E-state index in [0.29, 0.717) is 12.5 Å². The van der Waals surface area contributed by atoms with Crippen molar-refractivity contribution >= 4 is 0 Å². The highest BCUT2D eigenvalue weighted by Crippen LogP contribution is 2.16. The maximum absolute atomic E-state index is 5.76. The fourth-order valence-corrected chi connectivity index (χ4v) is 1.97. The predicted molar refractivity (Wildman–Crippen MR) is 84.2 cm³/mol. The van der Waals surface area contributed by atoms with Crippen LogP contribution in [0, 0.1) is 12.3 Å². The molecule has 4 heteroatoms. The molecule has 2 rings (SSSR count). The summed E-state index contributed by atoms with van der Waals surface area (Å²) in [7, 11) is 0. The number of aryl methyl sites for hydroxylation is 1. The lowest BCUT2D eigenvalue weighted by Gasteiger charge is -2.25. The van der Waals surface area contributed by atoms with Crippen LogP contribution < -0.4 is 10.1 Å². The van der Waals surface area contributed by atoms with E-state index in [4.69, 9.17) is 4.74 Å². The van der Waals surface area contributed by atoms with Crippen LogP contribution in [0.25, 0.3) is 0 Å². The van der Waals surface area contributed by atoms with E-state index in [1.165, 1.54) is 11.9 Å². The van der Waals surface area contributed by atoms with E-state index in [-0.39, 0.29) is 5.41 Å². The van der Waals surface area contributed by atoms with Crippen LogP contribution in [-0.2, 0) is 6.54 Å². The van der Waals surface area contributed by atoms with Crippen molar-refractivity contribution in [3.05, 3.63) is 54.0 Å². The predicted octanol–water partition coefficient (Wildman–Crippen LogP) is 2.98. The van der Waals surface area contributed by atoms with Crippen LogP contribution in [0.4, 0.5) is 0 Å². The molecule has 112 valence electrons. The van der Waals surface area contributed by atoms with Gasteiger partial charge in [0.2, 0.25) is 5.88 Å². The lowest BCUT2D eigenvalue weighted by Crippen LogP contribution is -2.34. The summed E-state index contributed by atoms with van der Waals surface area (Å²) in [5.41, 5.74) is 2.24. The monoisotopic (exact) mass is 285 g/mol. The first-order valence-electron chi connectivity index (χ1n) is 7.21. The minimum Gasteiger partial charge on any atom is -0.477 e. The van der Waals surface area contributed by atoms with Crippen LogP contribution >= 0.6 is 0 Å². The van der Waals surface area contributed by atoms with Gasteiger partial charge < -0.3 is 10.1 Å². The summed E-state index contributed by atoms with van der Waals surface area (Å²) in [6, 6.07) is 12.3. The average Bonchev–Trinajstić information content (AvgIpc) is 2.46. The highest BCUT2D eigenvalue weighted by Gasteiger charge is 2.18. The fourth-order valence-electron chi connectivity index (χ4n) is 1.97. The van der Waals surface area contributed by atoms with Crippen LogP contribution in [-0.4, -0.2) is 23.1 Å². The summed E-state index contributed by atoms with van der Waals surface area (Å²) < 4.78 is 5.76. The largest absolute Gasteiger partial charge is 0.477 e. The Morgan fingerprint density at radius 2 is 1.90 bits per heavy atom. The van der Waals surface area contributed by atoms with Crippen molar-refractivity contribution in [2.45, 2.75) is 27.3 Å². The molecule has 0 aliphatic rings. The van der Waals surface area contributed by atoms with Crippen molar-refractivity contribution in [3.63, 3.8) is 0 Å². The number of benzene rings is 1. The van der Waals surface area contributed by atoms with Gasteiger partial charge in [-0.25, -0.2) is 9.97 Å². The summed E-state index contributed by atoms with van der Waals surface area (Å²) in [5, 5.41) is 3.48. The molecule has 0 saturated heterocycles. The Morgan fingerprint density at radius 3 is 2.62 bits per heavy atom. The molecular weight excluding hydrogens is 262 g/mol. The van der Waals surface area contributed by atoms with E-state index >= 15 is 0 Å². The maximum Gasteiger partial charge on any atom is 0.216 e. The number of rotatable bonds is 7. The first-order valence-corrected chi connectivity index (χ1v) is 7.21. The zero-order valence-electron chi connectivity index (χ0n) is 13.0. The Bertz CT molecular complexity index is 555. The molecule has 0 spiro atoms. The number of nitrogens with zero attached hydrogens (tertiary/aromatic N) is 2. The van der Waals surface area contributed by atoms with Gasteiger partial charge in [-0.15, -0.1) is 0 Å². The summed E-state index contributed by atoms with van der Waals surface area (Å²) in [4.78, 5) is 8.18. The van der Waals surface area contributed by atoms with Gasteiger partial charge in [-0.1, -0.05) is 44.2 Å². The molecule has 1 aromatic heterocycles. The van der Waals surface area contributed by atoms with Crippen molar-refractivity contribution in [2.24, 2.45) is 5.41 Å². The highest BCUT2D eigenvalue weighted by atomic mass is 16.5. The third-order valence-electron chi connectivity index (χ3n) is 3.16. The van der Waals surface area contributed by atoms with Crippen molar-refractivity contribution in [3.8, 4) is 5.88 Å². The Balaban J connectivity index is 1.76. The molecule has 0 radical (unpaired) electrons. The molecule has 0 fully saturated rings. The molecule has 0 aliphatic heterocycles. The molecule has 1 aromatic carbocycles. The average molecular weight is 285 g/mol. The van der Waals surface area contributed by atoms with E-state index in [9.17, 15) is 0 Å². The first kappa shape index (κ1) is 15.4. The van der Waals surface area contributed by atoms with Crippen LogP contribution in [0.15, 0.2) is 42.7 Å². The summed E-state index contributed by atoms with van der Waals surface area (Å²) in [5.74, 6) is 0.638. The van der Waals surface area contributed by atoms with Crippen LogP contribution in [0.1, 0.15) is 25.1 Å². The van der Waals surface area contributed by atoms with Crippen molar-refractivity contribution < 1.29 is 4.74 Å². The van der Waals surface area contributed by atoms with Gasteiger partial charge in [-0.05, 0) is 12.5 Å². The zero-order chi connectivity index (χ0) is 15.1. The van der Waals surface area contributed by atoms with E-state index in [0.717, 1.165) is 18.8 Å². The second kappa shape index (κ2) is 7.18. The molecule has 1 N–H and O–H groups in total. The smallest absolute Gasteiger partial charge is 0.216 e. The van der Waals surface area contributed by atoms with E-state index in [1.54, 1.807) is 0 Å². The van der Waals surface area contributed by atoms with Crippen molar-refractivity contribution in [2.75, 3.05) is 13.2 Å². The zero-order valence-corrected chi connectivity index (χ0v) is 13.0. The van der Waals surface area contributed by atoms with Gasteiger partial charge in [0.25, 0.3) is 0 Å². The molecule has 1 heterocycles. The van der Waals surface area contributed by atoms with Crippen LogP contribution in [0.3, 0.4) is 0 Å². The number of ether oxygens (including phenoxy) is 1. The Hall–Kier alpha value is -1.94. The maximum atomic E-state index is 5.76. The summed E-state index contributed by atoms with van der Waals surface area (Å²) in [6.07, 6.45) is 1.53. The van der Waals surface area contributed by atoms with Gasteiger partial charge in [0.05, 0.1) is 6.61 Å². The van der Waals surface area contributed by atoms with Gasteiger partial charge in [-0.2, -0.15) is 0 Å². The Kier molecular flexibility index (Phi) is 5.28. The minimum absolute atomic E-state index is 0.0354. The molecule has 0 atom stereocenters. The third-order valence-corrected chi connectivity index (χ3v) is 3.16. The number of nitrogens with one attached hydrogen (secondary N) is 1. The van der Waals surface area contributed by atoms with Gasteiger partial charge >= 0.3 is 0 Å². The molecule has 0 aliphatic carbocycles.